The van der Waals surface area contributed by atoms with E-state index in [4.69, 9.17) is 4.74 Å². The molecule has 1 saturated heterocycles. The molecule has 9 nitrogen and oxygen atoms in total. The third-order valence-electron chi connectivity index (χ3n) is 7.94. The van der Waals surface area contributed by atoms with Gasteiger partial charge in [0, 0.05) is 42.7 Å². The number of amides is 2. The number of benzene rings is 2. The Morgan fingerprint density at radius 2 is 1.70 bits per heavy atom. The minimum absolute atomic E-state index is 0.0430. The van der Waals surface area contributed by atoms with E-state index in [1.54, 1.807) is 16.7 Å². The Bertz CT molecular complexity index is 1360. The van der Waals surface area contributed by atoms with Gasteiger partial charge in [-0.1, -0.05) is 17.3 Å². The van der Waals surface area contributed by atoms with E-state index in [1.165, 1.54) is 5.56 Å². The molecule has 3 aromatic rings. The van der Waals surface area contributed by atoms with Crippen LogP contribution in [-0.2, 0) is 23.2 Å². The van der Waals surface area contributed by atoms with Crippen molar-refractivity contribution >= 4 is 17.5 Å². The van der Waals surface area contributed by atoms with Crippen molar-refractivity contribution in [2.75, 3.05) is 31.6 Å². The lowest BCUT2D eigenvalue weighted by Crippen LogP contribution is -2.39. The number of carbonyl (C=O) groups is 2. The number of fused-ring (bicyclic) bond motifs is 1. The van der Waals surface area contributed by atoms with Gasteiger partial charge in [0.2, 0.25) is 5.91 Å². The highest BCUT2D eigenvalue weighted by molar-refractivity contribution is 6.07. The van der Waals surface area contributed by atoms with Crippen molar-refractivity contribution in [1.29, 1.82) is 0 Å². The monoisotopic (exact) mass is 499 g/mol. The Morgan fingerprint density at radius 3 is 2.32 bits per heavy atom. The molecule has 2 aromatic carbocycles. The second kappa shape index (κ2) is 9.14. The molecule has 2 aliphatic heterocycles. The molecule has 3 heterocycles. The third kappa shape index (κ3) is 4.08. The van der Waals surface area contributed by atoms with Crippen molar-refractivity contribution in [3.8, 4) is 11.4 Å². The van der Waals surface area contributed by atoms with Crippen LogP contribution < -0.4 is 9.64 Å². The van der Waals surface area contributed by atoms with Gasteiger partial charge in [0.15, 0.2) is 0 Å². The van der Waals surface area contributed by atoms with E-state index in [9.17, 15) is 14.5 Å². The third-order valence-corrected chi connectivity index (χ3v) is 7.94. The Morgan fingerprint density at radius 1 is 0.973 bits per heavy atom. The van der Waals surface area contributed by atoms with Gasteiger partial charge in [-0.05, 0) is 67.6 Å². The SMILES string of the molecule is COc1ccc(-n2nc(CN=O)c3c2C(=O)N(c2ccc(C4(CN5CCCC5=O)CC4)cc2)CC3)cc1. The molecule has 0 bridgehead atoms. The molecule has 37 heavy (non-hydrogen) atoms. The number of ether oxygens (including phenoxy) is 1. The van der Waals surface area contributed by atoms with E-state index in [2.05, 4.69) is 22.4 Å². The zero-order valence-electron chi connectivity index (χ0n) is 20.9. The van der Waals surface area contributed by atoms with Crippen LogP contribution in [0.15, 0.2) is 53.7 Å². The van der Waals surface area contributed by atoms with Gasteiger partial charge in [-0.15, -0.1) is 0 Å². The number of hydrogen-bond acceptors (Lipinski definition) is 6. The Labute approximate surface area is 215 Å². The molecule has 0 unspecified atom stereocenters. The van der Waals surface area contributed by atoms with Crippen molar-refractivity contribution in [1.82, 2.24) is 14.7 Å². The summed E-state index contributed by atoms with van der Waals surface area (Å²) in [6.07, 6.45) is 4.36. The molecule has 2 fully saturated rings. The van der Waals surface area contributed by atoms with Crippen LogP contribution in [0.4, 0.5) is 5.69 Å². The molecule has 1 saturated carbocycles. The first-order valence-electron chi connectivity index (χ1n) is 12.8. The normalized spacial score (nSPS) is 18.2. The molecule has 0 radical (unpaired) electrons. The molecule has 1 aromatic heterocycles. The Kier molecular flexibility index (Phi) is 5.78. The number of nitrogens with zero attached hydrogens (tertiary/aromatic N) is 5. The number of hydrogen-bond donors (Lipinski definition) is 0. The number of anilines is 1. The molecule has 1 aliphatic carbocycles. The first kappa shape index (κ1) is 23.4. The summed E-state index contributed by atoms with van der Waals surface area (Å²) in [5, 5.41) is 7.63. The van der Waals surface area contributed by atoms with E-state index >= 15 is 0 Å². The highest BCUT2D eigenvalue weighted by Gasteiger charge is 2.46. The van der Waals surface area contributed by atoms with E-state index in [-0.39, 0.29) is 23.8 Å². The highest BCUT2D eigenvalue weighted by atomic mass is 16.5. The molecule has 9 heteroatoms. The second-order valence-corrected chi connectivity index (χ2v) is 10.1. The number of aromatic nitrogens is 2. The van der Waals surface area contributed by atoms with E-state index in [0.29, 0.717) is 42.2 Å². The van der Waals surface area contributed by atoms with Crippen molar-refractivity contribution in [3.05, 3.63) is 76.0 Å². The van der Waals surface area contributed by atoms with Crippen LogP contribution in [-0.4, -0.2) is 53.2 Å². The first-order chi connectivity index (χ1) is 18.0. The quantitative estimate of drug-likeness (QED) is 0.437. The summed E-state index contributed by atoms with van der Waals surface area (Å²) >= 11 is 0. The topological polar surface area (TPSA) is 97.1 Å². The maximum Gasteiger partial charge on any atom is 0.277 e. The molecule has 0 N–H and O–H groups in total. The maximum atomic E-state index is 13.8. The van der Waals surface area contributed by atoms with Crippen molar-refractivity contribution < 1.29 is 14.3 Å². The van der Waals surface area contributed by atoms with Gasteiger partial charge in [0.05, 0.1) is 18.5 Å². The van der Waals surface area contributed by atoms with Gasteiger partial charge in [0.1, 0.15) is 18.0 Å². The summed E-state index contributed by atoms with van der Waals surface area (Å²) in [5.41, 5.74) is 4.59. The lowest BCUT2D eigenvalue weighted by atomic mass is 9.94. The number of rotatable bonds is 8. The van der Waals surface area contributed by atoms with Gasteiger partial charge in [-0.3, -0.25) is 9.59 Å². The minimum Gasteiger partial charge on any atom is -0.497 e. The standard InChI is InChI=1S/C28H29N5O4/c1-37-22-10-8-21(9-11-22)33-26-23(24(30-33)17-29-36)12-16-32(27(26)35)20-6-4-19(5-7-20)28(13-14-28)18-31-15-2-3-25(31)34/h4-11H,2-3,12-18H2,1H3. The van der Waals surface area contributed by atoms with Crippen LogP contribution in [0.25, 0.3) is 5.69 Å². The van der Waals surface area contributed by atoms with Crippen LogP contribution in [0, 0.1) is 4.91 Å². The van der Waals surface area contributed by atoms with Crippen molar-refractivity contribution in [2.45, 2.75) is 44.1 Å². The van der Waals surface area contributed by atoms with Crippen LogP contribution >= 0.6 is 0 Å². The number of carbonyl (C=O) groups excluding carboxylic acids is 2. The first-order valence-corrected chi connectivity index (χ1v) is 12.8. The smallest absolute Gasteiger partial charge is 0.277 e. The van der Waals surface area contributed by atoms with Crippen LogP contribution in [0.1, 0.15) is 53.0 Å². The largest absolute Gasteiger partial charge is 0.497 e. The number of likely N-dealkylation sites (tertiary alicyclic amines) is 1. The summed E-state index contributed by atoms with van der Waals surface area (Å²) in [5.74, 6) is 0.809. The lowest BCUT2D eigenvalue weighted by molar-refractivity contribution is -0.128. The zero-order chi connectivity index (χ0) is 25.6. The molecule has 3 aliphatic rings. The Balaban J connectivity index is 1.28. The Hall–Kier alpha value is -4.01. The average molecular weight is 500 g/mol. The van der Waals surface area contributed by atoms with E-state index in [1.807, 2.05) is 41.3 Å². The number of nitroso groups, excluding NO2 is 1. The fourth-order valence-electron chi connectivity index (χ4n) is 5.70. The van der Waals surface area contributed by atoms with Gasteiger partial charge in [0.25, 0.3) is 5.91 Å². The molecule has 0 spiro atoms. The van der Waals surface area contributed by atoms with Crippen LogP contribution in [0.2, 0.25) is 0 Å². The zero-order valence-corrected chi connectivity index (χ0v) is 20.9. The van der Waals surface area contributed by atoms with Gasteiger partial charge in [-0.2, -0.15) is 10.0 Å². The fourth-order valence-corrected chi connectivity index (χ4v) is 5.70. The van der Waals surface area contributed by atoms with E-state index in [0.717, 1.165) is 43.6 Å². The van der Waals surface area contributed by atoms with Gasteiger partial charge < -0.3 is 14.5 Å². The van der Waals surface area contributed by atoms with Crippen LogP contribution in [0.5, 0.6) is 5.75 Å². The predicted molar refractivity (Wildman–Crippen MR) is 138 cm³/mol. The van der Waals surface area contributed by atoms with Crippen molar-refractivity contribution in [3.63, 3.8) is 0 Å². The van der Waals surface area contributed by atoms with Gasteiger partial charge >= 0.3 is 0 Å². The summed E-state index contributed by atoms with van der Waals surface area (Å²) in [4.78, 5) is 40.8. The molecule has 6 rings (SSSR count). The molecule has 0 atom stereocenters. The maximum absolute atomic E-state index is 13.8. The lowest BCUT2D eigenvalue weighted by Gasteiger charge is -2.29. The second-order valence-electron chi connectivity index (χ2n) is 10.1. The fraction of sp³-hybridized carbons (Fsp3) is 0.393. The highest BCUT2D eigenvalue weighted by Crippen LogP contribution is 2.49. The molecule has 190 valence electrons. The predicted octanol–water partition coefficient (Wildman–Crippen LogP) is 4.00. The summed E-state index contributed by atoms with van der Waals surface area (Å²) in [7, 11) is 1.60. The van der Waals surface area contributed by atoms with Gasteiger partial charge in [-0.25, -0.2) is 4.68 Å². The summed E-state index contributed by atoms with van der Waals surface area (Å²) < 4.78 is 6.87. The van der Waals surface area contributed by atoms with Crippen molar-refractivity contribution in [2.24, 2.45) is 5.18 Å². The molecule has 2 amide bonds. The molecular weight excluding hydrogens is 470 g/mol. The average Bonchev–Trinajstić information content (AvgIpc) is 3.46. The summed E-state index contributed by atoms with van der Waals surface area (Å²) in [6, 6.07) is 15.5. The number of methoxy groups -OCH3 is 1. The molecular formula is C28H29N5O4. The summed E-state index contributed by atoms with van der Waals surface area (Å²) in [6.45, 7) is 2.06. The van der Waals surface area contributed by atoms with Crippen LogP contribution in [0.3, 0.4) is 0 Å². The minimum atomic E-state index is -0.154. The van der Waals surface area contributed by atoms with E-state index < -0.39 is 0 Å².